The van der Waals surface area contributed by atoms with Gasteiger partial charge in [0.05, 0.1) is 17.8 Å². The minimum Gasteiger partial charge on any atom is -0.396 e. The Hall–Kier alpha value is -1.26. The van der Waals surface area contributed by atoms with Crippen LogP contribution in [0.5, 0.6) is 0 Å². The van der Waals surface area contributed by atoms with Gasteiger partial charge in [0.1, 0.15) is 0 Å². The standard InChI is InChI=1S/C11H12N2OS/c14-5-6-15-11-8-12-7-9-3-1-2-4-10(9)13-11/h1-4,7-8,13-14H,5-6H2. The van der Waals surface area contributed by atoms with Gasteiger partial charge >= 0.3 is 0 Å². The molecule has 15 heavy (non-hydrogen) atoms. The van der Waals surface area contributed by atoms with Crippen LogP contribution in [0.4, 0.5) is 5.69 Å². The van der Waals surface area contributed by atoms with Gasteiger partial charge in [-0.1, -0.05) is 18.2 Å². The highest BCUT2D eigenvalue weighted by molar-refractivity contribution is 8.03. The minimum atomic E-state index is 0.176. The molecule has 2 rings (SSSR count). The van der Waals surface area contributed by atoms with E-state index in [2.05, 4.69) is 10.3 Å². The molecule has 1 aromatic rings. The Morgan fingerprint density at radius 2 is 2.20 bits per heavy atom. The molecule has 0 unspecified atom stereocenters. The van der Waals surface area contributed by atoms with Gasteiger partial charge < -0.3 is 10.4 Å². The Kier molecular flexibility index (Phi) is 3.42. The number of rotatable bonds is 3. The maximum atomic E-state index is 8.75. The van der Waals surface area contributed by atoms with E-state index in [1.165, 1.54) is 0 Å². The highest BCUT2D eigenvalue weighted by atomic mass is 32.2. The van der Waals surface area contributed by atoms with Crippen molar-refractivity contribution >= 4 is 23.7 Å². The first kappa shape index (κ1) is 10.3. The fourth-order valence-corrected chi connectivity index (χ4v) is 1.93. The lowest BCUT2D eigenvalue weighted by Gasteiger charge is -2.09. The predicted octanol–water partition coefficient (Wildman–Crippen LogP) is 2.06. The second kappa shape index (κ2) is 5.00. The number of benzene rings is 1. The molecule has 1 aliphatic heterocycles. The van der Waals surface area contributed by atoms with E-state index in [1.807, 2.05) is 30.5 Å². The van der Waals surface area contributed by atoms with Crippen LogP contribution in [0, 0.1) is 0 Å². The monoisotopic (exact) mass is 220 g/mol. The number of nitrogens with one attached hydrogen (secondary N) is 1. The van der Waals surface area contributed by atoms with Gasteiger partial charge in [-0.2, -0.15) is 0 Å². The summed E-state index contributed by atoms with van der Waals surface area (Å²) >= 11 is 1.56. The van der Waals surface area contributed by atoms with E-state index in [1.54, 1.807) is 18.0 Å². The number of nitrogens with zero attached hydrogens (tertiary/aromatic N) is 1. The molecular formula is C11H12N2OS. The topological polar surface area (TPSA) is 44.6 Å². The molecule has 0 aromatic heterocycles. The summed E-state index contributed by atoms with van der Waals surface area (Å²) in [5.74, 6) is 0.677. The second-order valence-corrected chi connectivity index (χ2v) is 4.19. The van der Waals surface area contributed by atoms with Crippen LogP contribution in [0.25, 0.3) is 0 Å². The summed E-state index contributed by atoms with van der Waals surface area (Å²) in [6.07, 6.45) is 3.61. The lowest BCUT2D eigenvalue weighted by Crippen LogP contribution is -1.99. The highest BCUT2D eigenvalue weighted by Crippen LogP contribution is 2.23. The van der Waals surface area contributed by atoms with Crippen LogP contribution >= 0.6 is 11.8 Å². The third-order valence-corrected chi connectivity index (χ3v) is 2.88. The SMILES string of the molecule is OCCSC1=CN=Cc2ccccc2N1. The Balaban J connectivity index is 2.16. The molecule has 0 amide bonds. The zero-order valence-corrected chi connectivity index (χ0v) is 9.00. The van der Waals surface area contributed by atoms with E-state index < -0.39 is 0 Å². The molecule has 1 aliphatic rings. The summed E-state index contributed by atoms with van der Waals surface area (Å²) in [7, 11) is 0. The molecule has 0 atom stereocenters. The normalized spacial score (nSPS) is 13.8. The summed E-state index contributed by atoms with van der Waals surface area (Å²) in [6.45, 7) is 0.176. The average molecular weight is 220 g/mol. The fraction of sp³-hybridized carbons (Fsp3) is 0.182. The van der Waals surface area contributed by atoms with Crippen molar-refractivity contribution in [1.29, 1.82) is 0 Å². The minimum absolute atomic E-state index is 0.176. The van der Waals surface area contributed by atoms with E-state index in [-0.39, 0.29) is 6.61 Å². The molecule has 0 aliphatic carbocycles. The largest absolute Gasteiger partial charge is 0.396 e. The number of aliphatic hydroxyl groups is 1. The Morgan fingerprint density at radius 1 is 1.33 bits per heavy atom. The summed E-state index contributed by atoms with van der Waals surface area (Å²) in [5, 5.41) is 13.0. The number of anilines is 1. The van der Waals surface area contributed by atoms with Crippen molar-refractivity contribution in [1.82, 2.24) is 0 Å². The quantitative estimate of drug-likeness (QED) is 0.819. The van der Waals surface area contributed by atoms with Crippen molar-refractivity contribution in [2.45, 2.75) is 0 Å². The summed E-state index contributed by atoms with van der Waals surface area (Å²) in [6, 6.07) is 8.00. The number of aliphatic imine (C=N–C) groups is 1. The molecule has 3 nitrogen and oxygen atoms in total. The fourth-order valence-electron chi connectivity index (χ4n) is 1.30. The molecular weight excluding hydrogens is 208 g/mol. The zero-order valence-electron chi connectivity index (χ0n) is 8.18. The third kappa shape index (κ3) is 2.61. The third-order valence-electron chi connectivity index (χ3n) is 1.97. The number of para-hydroxylation sites is 1. The van der Waals surface area contributed by atoms with Crippen molar-refractivity contribution in [3.63, 3.8) is 0 Å². The van der Waals surface area contributed by atoms with Gasteiger partial charge in [0.2, 0.25) is 0 Å². The first-order valence-corrected chi connectivity index (χ1v) is 5.72. The number of aliphatic hydroxyl groups excluding tert-OH is 1. The number of hydrogen-bond acceptors (Lipinski definition) is 4. The average Bonchev–Trinajstić information content (AvgIpc) is 2.47. The highest BCUT2D eigenvalue weighted by Gasteiger charge is 2.05. The van der Waals surface area contributed by atoms with Gasteiger partial charge in [0.25, 0.3) is 0 Å². The van der Waals surface area contributed by atoms with Crippen LogP contribution < -0.4 is 5.32 Å². The van der Waals surface area contributed by atoms with E-state index in [0.717, 1.165) is 16.3 Å². The Bertz CT molecular complexity index is 401. The molecule has 78 valence electrons. The van der Waals surface area contributed by atoms with Crippen molar-refractivity contribution in [3.8, 4) is 0 Å². The Morgan fingerprint density at radius 3 is 3.07 bits per heavy atom. The molecule has 0 bridgehead atoms. The Labute approximate surface area is 92.9 Å². The van der Waals surface area contributed by atoms with Crippen LogP contribution in [0.3, 0.4) is 0 Å². The lowest BCUT2D eigenvalue weighted by molar-refractivity contribution is 0.322. The van der Waals surface area contributed by atoms with E-state index in [0.29, 0.717) is 5.75 Å². The molecule has 1 aromatic carbocycles. The zero-order chi connectivity index (χ0) is 10.5. The van der Waals surface area contributed by atoms with Crippen molar-refractivity contribution in [3.05, 3.63) is 41.1 Å². The summed E-state index contributed by atoms with van der Waals surface area (Å²) in [5.41, 5.74) is 2.13. The van der Waals surface area contributed by atoms with Crippen LogP contribution in [0.1, 0.15) is 5.56 Å². The van der Waals surface area contributed by atoms with Gasteiger partial charge in [0.15, 0.2) is 0 Å². The smallest absolute Gasteiger partial charge is 0.0912 e. The van der Waals surface area contributed by atoms with Gasteiger partial charge in [-0.05, 0) is 6.07 Å². The number of fused-ring (bicyclic) bond motifs is 1. The first-order chi connectivity index (χ1) is 7.40. The number of thioether (sulfide) groups is 1. The van der Waals surface area contributed by atoms with Gasteiger partial charge in [0, 0.05) is 23.2 Å². The molecule has 0 saturated carbocycles. The second-order valence-electron chi connectivity index (χ2n) is 3.06. The molecule has 4 heteroatoms. The molecule has 0 saturated heterocycles. The van der Waals surface area contributed by atoms with E-state index in [4.69, 9.17) is 5.11 Å². The maximum absolute atomic E-state index is 8.75. The van der Waals surface area contributed by atoms with E-state index in [9.17, 15) is 0 Å². The van der Waals surface area contributed by atoms with Gasteiger partial charge in [-0.25, -0.2) is 0 Å². The summed E-state index contributed by atoms with van der Waals surface area (Å²) in [4.78, 5) is 4.19. The molecule has 0 radical (unpaired) electrons. The van der Waals surface area contributed by atoms with Gasteiger partial charge in [-0.3, -0.25) is 4.99 Å². The van der Waals surface area contributed by atoms with Crippen molar-refractivity contribution in [2.75, 3.05) is 17.7 Å². The molecule has 0 fully saturated rings. The van der Waals surface area contributed by atoms with E-state index >= 15 is 0 Å². The van der Waals surface area contributed by atoms with Gasteiger partial charge in [-0.15, -0.1) is 11.8 Å². The summed E-state index contributed by atoms with van der Waals surface area (Å²) < 4.78 is 0. The van der Waals surface area contributed by atoms with Crippen LogP contribution in [0.2, 0.25) is 0 Å². The van der Waals surface area contributed by atoms with Crippen LogP contribution in [-0.2, 0) is 0 Å². The molecule has 1 heterocycles. The van der Waals surface area contributed by atoms with Crippen LogP contribution in [-0.4, -0.2) is 23.7 Å². The molecule has 2 N–H and O–H groups in total. The van der Waals surface area contributed by atoms with Crippen LogP contribution in [0.15, 0.2) is 40.5 Å². The molecule has 0 spiro atoms. The van der Waals surface area contributed by atoms with Crippen molar-refractivity contribution < 1.29 is 5.11 Å². The number of hydrogen-bond donors (Lipinski definition) is 2. The first-order valence-electron chi connectivity index (χ1n) is 4.73. The van der Waals surface area contributed by atoms with Crippen molar-refractivity contribution in [2.24, 2.45) is 4.99 Å². The maximum Gasteiger partial charge on any atom is 0.0912 e. The predicted molar refractivity (Wildman–Crippen MR) is 65.3 cm³/mol. The lowest BCUT2D eigenvalue weighted by atomic mass is 10.2.